The molecule has 1 aromatic rings. The number of carboxylic acid groups (broad SMARTS) is 1. The monoisotopic (exact) mass is 241 g/mol. The van der Waals surface area contributed by atoms with E-state index in [4.69, 9.17) is 5.11 Å². The number of aliphatic carboxylic acids is 1. The molecule has 0 radical (unpaired) electrons. The Morgan fingerprint density at radius 1 is 1.59 bits per heavy atom. The van der Waals surface area contributed by atoms with Crippen LogP contribution in [-0.4, -0.2) is 21.2 Å². The molecule has 17 heavy (non-hydrogen) atoms. The third kappa shape index (κ3) is 3.00. The maximum Gasteiger partial charge on any atom is 0.309 e. The molecule has 4 nitrogen and oxygen atoms in total. The van der Waals surface area contributed by atoms with E-state index in [0.29, 0.717) is 12.8 Å². The fourth-order valence-corrected chi connectivity index (χ4v) is 1.79. The van der Waals surface area contributed by atoms with Crippen LogP contribution in [-0.2, 0) is 10.4 Å². The summed E-state index contributed by atoms with van der Waals surface area (Å²) in [4.78, 5) is 14.9. The second-order valence-corrected chi connectivity index (χ2v) is 4.19. The lowest BCUT2D eigenvalue weighted by Gasteiger charge is -2.29. The first kappa shape index (κ1) is 13.6. The van der Waals surface area contributed by atoms with Crippen molar-refractivity contribution in [3.05, 3.63) is 29.8 Å². The van der Waals surface area contributed by atoms with Crippen molar-refractivity contribution in [2.45, 2.75) is 32.3 Å². The lowest BCUT2D eigenvalue weighted by atomic mass is 9.83. The highest BCUT2D eigenvalue weighted by Gasteiger charge is 2.39. The summed E-state index contributed by atoms with van der Waals surface area (Å²) in [6.45, 7) is 3.23. The average molecular weight is 241 g/mol. The molecule has 1 rings (SSSR count). The second kappa shape index (κ2) is 5.23. The van der Waals surface area contributed by atoms with Gasteiger partial charge in [0.15, 0.2) is 0 Å². The molecule has 0 bridgehead atoms. The molecule has 1 heterocycles. The molecule has 0 saturated carbocycles. The molecule has 2 unspecified atom stereocenters. The van der Waals surface area contributed by atoms with Crippen molar-refractivity contribution in [2.75, 3.05) is 0 Å². The van der Waals surface area contributed by atoms with Crippen LogP contribution in [0.5, 0.6) is 0 Å². The van der Waals surface area contributed by atoms with Gasteiger partial charge in [-0.1, -0.05) is 13.3 Å². The fourth-order valence-electron chi connectivity index (χ4n) is 1.79. The molecular formula is C12H16FNO3. The Morgan fingerprint density at radius 2 is 2.24 bits per heavy atom. The third-order valence-electron chi connectivity index (χ3n) is 2.80. The zero-order valence-corrected chi connectivity index (χ0v) is 9.85. The Balaban J connectivity index is 3.06. The summed E-state index contributed by atoms with van der Waals surface area (Å²) in [5.41, 5.74) is -1.44. The molecule has 5 heteroatoms. The number of carboxylic acids is 1. The van der Waals surface area contributed by atoms with Gasteiger partial charge in [0.2, 0.25) is 0 Å². The molecule has 0 amide bonds. The van der Waals surface area contributed by atoms with Crippen molar-refractivity contribution < 1.29 is 19.4 Å². The van der Waals surface area contributed by atoms with Gasteiger partial charge in [0, 0.05) is 0 Å². The lowest BCUT2D eigenvalue weighted by molar-refractivity contribution is -0.152. The highest BCUT2D eigenvalue weighted by atomic mass is 19.1. The maximum atomic E-state index is 12.7. The third-order valence-corrected chi connectivity index (χ3v) is 2.80. The quantitative estimate of drug-likeness (QED) is 0.826. The Labute approximate surface area is 99.1 Å². The minimum absolute atomic E-state index is 0.166. The summed E-state index contributed by atoms with van der Waals surface area (Å²) in [6, 6.07) is 2.46. The predicted molar refractivity (Wildman–Crippen MR) is 59.8 cm³/mol. The Morgan fingerprint density at radius 3 is 2.65 bits per heavy atom. The number of hydrogen-bond acceptors (Lipinski definition) is 3. The average Bonchev–Trinajstić information content (AvgIpc) is 2.25. The summed E-state index contributed by atoms with van der Waals surface area (Å²) in [6.07, 6.45) is 1.93. The normalized spacial score (nSPS) is 16.2. The maximum absolute atomic E-state index is 12.7. The molecule has 0 aliphatic heterocycles. The van der Waals surface area contributed by atoms with Crippen molar-refractivity contribution in [3.8, 4) is 0 Å². The van der Waals surface area contributed by atoms with E-state index in [1.54, 1.807) is 0 Å². The highest BCUT2D eigenvalue weighted by molar-refractivity contribution is 5.71. The zero-order chi connectivity index (χ0) is 13.1. The molecular weight excluding hydrogens is 225 g/mol. The van der Waals surface area contributed by atoms with Crippen LogP contribution in [0.3, 0.4) is 0 Å². The standard InChI is InChI=1S/C12H16FNO3/c1-3-4-9(11(15)16)12(2,17)10-6-5-8(13)7-14-10/h5-7,9,17H,3-4H2,1-2H3,(H,15,16). The molecule has 0 aliphatic rings. The first-order chi connectivity index (χ1) is 7.89. The van der Waals surface area contributed by atoms with Crippen LogP contribution in [0.1, 0.15) is 32.4 Å². The molecule has 2 N–H and O–H groups in total. The largest absolute Gasteiger partial charge is 0.481 e. The van der Waals surface area contributed by atoms with Crippen LogP contribution in [0.2, 0.25) is 0 Å². The van der Waals surface area contributed by atoms with Gasteiger partial charge < -0.3 is 10.2 Å². The van der Waals surface area contributed by atoms with Crippen LogP contribution in [0.15, 0.2) is 18.3 Å². The van der Waals surface area contributed by atoms with E-state index in [-0.39, 0.29) is 5.69 Å². The van der Waals surface area contributed by atoms with Gasteiger partial charge in [-0.25, -0.2) is 4.39 Å². The molecule has 0 aliphatic carbocycles. The van der Waals surface area contributed by atoms with Crippen LogP contribution in [0.4, 0.5) is 4.39 Å². The Kier molecular flexibility index (Phi) is 4.17. The van der Waals surface area contributed by atoms with Crippen molar-refractivity contribution in [1.29, 1.82) is 0 Å². The number of nitrogens with zero attached hydrogens (tertiary/aromatic N) is 1. The number of aromatic nitrogens is 1. The van der Waals surface area contributed by atoms with Crippen LogP contribution in [0.25, 0.3) is 0 Å². The van der Waals surface area contributed by atoms with E-state index in [0.717, 1.165) is 12.3 Å². The van der Waals surface area contributed by atoms with Crippen LogP contribution < -0.4 is 0 Å². The van der Waals surface area contributed by atoms with Crippen LogP contribution in [0, 0.1) is 11.7 Å². The fraction of sp³-hybridized carbons (Fsp3) is 0.500. The first-order valence-corrected chi connectivity index (χ1v) is 5.46. The topological polar surface area (TPSA) is 70.4 Å². The van der Waals surface area contributed by atoms with Gasteiger partial charge in [-0.05, 0) is 25.5 Å². The van der Waals surface area contributed by atoms with E-state index >= 15 is 0 Å². The van der Waals surface area contributed by atoms with Crippen molar-refractivity contribution >= 4 is 5.97 Å². The zero-order valence-electron chi connectivity index (χ0n) is 9.85. The number of hydrogen-bond donors (Lipinski definition) is 2. The van der Waals surface area contributed by atoms with E-state index in [1.165, 1.54) is 13.0 Å². The molecule has 2 atom stereocenters. The summed E-state index contributed by atoms with van der Waals surface area (Å²) in [5.74, 6) is -2.56. The van der Waals surface area contributed by atoms with E-state index in [1.807, 2.05) is 6.92 Å². The van der Waals surface area contributed by atoms with Gasteiger partial charge in [-0.2, -0.15) is 0 Å². The SMILES string of the molecule is CCCC(C(=O)O)C(C)(O)c1ccc(F)cn1. The lowest BCUT2D eigenvalue weighted by Crippen LogP contribution is -2.38. The van der Waals surface area contributed by atoms with Crippen molar-refractivity contribution in [1.82, 2.24) is 4.98 Å². The molecule has 0 fully saturated rings. The first-order valence-electron chi connectivity index (χ1n) is 5.46. The summed E-state index contributed by atoms with van der Waals surface area (Å²) >= 11 is 0. The minimum atomic E-state index is -1.60. The van der Waals surface area contributed by atoms with Gasteiger partial charge in [0.05, 0.1) is 17.8 Å². The Hall–Kier alpha value is -1.49. The number of rotatable bonds is 5. The number of halogens is 1. The number of pyridine rings is 1. The molecule has 1 aromatic heterocycles. The summed E-state index contributed by atoms with van der Waals surface area (Å²) < 4.78 is 12.7. The van der Waals surface area contributed by atoms with Crippen LogP contribution >= 0.6 is 0 Å². The van der Waals surface area contributed by atoms with E-state index in [2.05, 4.69) is 4.98 Å². The van der Waals surface area contributed by atoms with Crippen molar-refractivity contribution in [2.24, 2.45) is 5.92 Å². The minimum Gasteiger partial charge on any atom is -0.481 e. The molecule has 0 saturated heterocycles. The molecule has 94 valence electrons. The van der Waals surface area contributed by atoms with Gasteiger partial charge in [-0.15, -0.1) is 0 Å². The highest BCUT2D eigenvalue weighted by Crippen LogP contribution is 2.31. The number of carbonyl (C=O) groups is 1. The van der Waals surface area contributed by atoms with E-state index in [9.17, 15) is 14.3 Å². The van der Waals surface area contributed by atoms with Gasteiger partial charge >= 0.3 is 5.97 Å². The molecule has 0 aromatic carbocycles. The van der Waals surface area contributed by atoms with Gasteiger partial charge in [-0.3, -0.25) is 9.78 Å². The summed E-state index contributed by atoms with van der Waals surface area (Å²) in [5, 5.41) is 19.4. The Bertz CT molecular complexity index is 389. The number of aliphatic hydroxyl groups is 1. The second-order valence-electron chi connectivity index (χ2n) is 4.19. The predicted octanol–water partition coefficient (Wildman–Crippen LogP) is 1.93. The smallest absolute Gasteiger partial charge is 0.309 e. The van der Waals surface area contributed by atoms with Gasteiger partial charge in [0.25, 0.3) is 0 Å². The van der Waals surface area contributed by atoms with Gasteiger partial charge in [0.1, 0.15) is 11.4 Å². The summed E-state index contributed by atoms with van der Waals surface area (Å²) in [7, 11) is 0. The molecule has 0 spiro atoms. The van der Waals surface area contributed by atoms with Crippen molar-refractivity contribution in [3.63, 3.8) is 0 Å². The van der Waals surface area contributed by atoms with E-state index < -0.39 is 23.3 Å².